The predicted octanol–water partition coefficient (Wildman–Crippen LogP) is 4.18. The van der Waals surface area contributed by atoms with Gasteiger partial charge in [0.25, 0.3) is 0 Å². The normalized spacial score (nSPS) is 13.4. The lowest BCUT2D eigenvalue weighted by molar-refractivity contribution is -0.118. The predicted molar refractivity (Wildman–Crippen MR) is 105 cm³/mol. The van der Waals surface area contributed by atoms with Gasteiger partial charge in [-0.25, -0.2) is 4.98 Å². The van der Waals surface area contributed by atoms with Crippen LogP contribution in [0.25, 0.3) is 22.5 Å². The second kappa shape index (κ2) is 7.70. The quantitative estimate of drug-likeness (QED) is 0.669. The van der Waals surface area contributed by atoms with Gasteiger partial charge in [-0.05, 0) is 12.8 Å². The van der Waals surface area contributed by atoms with Crippen molar-refractivity contribution in [2.75, 3.05) is 5.75 Å². The van der Waals surface area contributed by atoms with E-state index in [1.54, 1.807) is 6.20 Å². The van der Waals surface area contributed by atoms with E-state index in [0.717, 1.165) is 40.4 Å². The van der Waals surface area contributed by atoms with Crippen LogP contribution in [-0.2, 0) is 4.79 Å². The molecule has 1 heterocycles. The van der Waals surface area contributed by atoms with Crippen LogP contribution in [0.5, 0.6) is 0 Å². The molecular formula is C21H19N3OS. The van der Waals surface area contributed by atoms with Crippen LogP contribution in [0.2, 0.25) is 0 Å². The number of nitrogens with zero attached hydrogens (tertiary/aromatic N) is 2. The van der Waals surface area contributed by atoms with E-state index in [9.17, 15) is 4.79 Å². The molecule has 0 radical (unpaired) electrons. The van der Waals surface area contributed by atoms with Crippen LogP contribution in [0.3, 0.4) is 0 Å². The van der Waals surface area contributed by atoms with Crippen LogP contribution in [-0.4, -0.2) is 27.7 Å². The minimum atomic E-state index is 0.0627. The highest BCUT2D eigenvalue weighted by atomic mass is 32.2. The van der Waals surface area contributed by atoms with Crippen molar-refractivity contribution in [2.24, 2.45) is 0 Å². The van der Waals surface area contributed by atoms with Crippen molar-refractivity contribution in [2.45, 2.75) is 23.9 Å². The summed E-state index contributed by atoms with van der Waals surface area (Å²) in [6.45, 7) is 0. The van der Waals surface area contributed by atoms with Crippen molar-refractivity contribution in [3.63, 3.8) is 0 Å². The summed E-state index contributed by atoms with van der Waals surface area (Å²) in [5.74, 6) is 0.428. The molecule has 0 atom stereocenters. The molecule has 1 aliphatic carbocycles. The molecule has 1 fully saturated rings. The summed E-state index contributed by atoms with van der Waals surface area (Å²) >= 11 is 1.43. The molecule has 0 aliphatic heterocycles. The van der Waals surface area contributed by atoms with Crippen molar-refractivity contribution in [1.29, 1.82) is 0 Å². The van der Waals surface area contributed by atoms with E-state index in [-0.39, 0.29) is 5.91 Å². The first-order chi connectivity index (χ1) is 12.8. The van der Waals surface area contributed by atoms with E-state index in [1.165, 1.54) is 11.8 Å². The number of hydrogen-bond donors (Lipinski definition) is 1. The Labute approximate surface area is 157 Å². The SMILES string of the molecule is O=C(CSc1cnc(-c2ccccc2)c(-c2ccccc2)n1)NC1CC1. The van der Waals surface area contributed by atoms with Gasteiger partial charge in [-0.1, -0.05) is 72.4 Å². The molecule has 5 heteroatoms. The second-order valence-corrected chi connectivity index (χ2v) is 7.26. The van der Waals surface area contributed by atoms with Gasteiger partial charge >= 0.3 is 0 Å². The van der Waals surface area contributed by atoms with Gasteiger partial charge in [0.15, 0.2) is 0 Å². The molecule has 1 aliphatic rings. The zero-order valence-electron chi connectivity index (χ0n) is 14.3. The molecule has 3 aromatic rings. The third-order valence-corrected chi connectivity index (χ3v) is 5.04. The van der Waals surface area contributed by atoms with Gasteiger partial charge in [0.05, 0.1) is 23.3 Å². The number of amides is 1. The summed E-state index contributed by atoms with van der Waals surface area (Å²) in [4.78, 5) is 21.4. The Hall–Kier alpha value is -2.66. The Kier molecular flexibility index (Phi) is 4.97. The Bertz CT molecular complexity index is 896. The lowest BCUT2D eigenvalue weighted by Crippen LogP contribution is -2.27. The average molecular weight is 361 g/mol. The summed E-state index contributed by atoms with van der Waals surface area (Å²) in [6, 6.07) is 20.5. The Balaban J connectivity index is 1.62. The van der Waals surface area contributed by atoms with Gasteiger partial charge in [-0.15, -0.1) is 0 Å². The van der Waals surface area contributed by atoms with E-state index in [1.807, 2.05) is 60.7 Å². The van der Waals surface area contributed by atoms with Crippen molar-refractivity contribution in [3.8, 4) is 22.5 Å². The summed E-state index contributed by atoms with van der Waals surface area (Å²) < 4.78 is 0. The molecule has 1 N–H and O–H groups in total. The maximum absolute atomic E-state index is 11.9. The fourth-order valence-corrected chi connectivity index (χ4v) is 3.33. The van der Waals surface area contributed by atoms with Gasteiger partial charge in [0.2, 0.25) is 5.91 Å². The Morgan fingerprint density at radius 3 is 2.19 bits per heavy atom. The highest BCUT2D eigenvalue weighted by Crippen LogP contribution is 2.30. The van der Waals surface area contributed by atoms with E-state index in [0.29, 0.717) is 11.8 Å². The maximum atomic E-state index is 11.9. The molecule has 0 bridgehead atoms. The monoisotopic (exact) mass is 361 g/mol. The Morgan fingerprint density at radius 1 is 0.962 bits per heavy atom. The maximum Gasteiger partial charge on any atom is 0.230 e. The number of benzene rings is 2. The van der Waals surface area contributed by atoms with Crippen LogP contribution in [0, 0.1) is 0 Å². The molecule has 0 unspecified atom stereocenters. The summed E-state index contributed by atoms with van der Waals surface area (Å²) in [6.07, 6.45) is 3.95. The van der Waals surface area contributed by atoms with Gasteiger partial charge < -0.3 is 5.32 Å². The number of carbonyl (C=O) groups is 1. The topological polar surface area (TPSA) is 54.9 Å². The van der Waals surface area contributed by atoms with Crippen LogP contribution in [0.15, 0.2) is 71.9 Å². The molecular weight excluding hydrogens is 342 g/mol. The zero-order chi connectivity index (χ0) is 17.8. The number of hydrogen-bond acceptors (Lipinski definition) is 4. The molecule has 1 aromatic heterocycles. The minimum absolute atomic E-state index is 0.0627. The second-order valence-electron chi connectivity index (χ2n) is 6.27. The minimum Gasteiger partial charge on any atom is -0.353 e. The molecule has 1 saturated carbocycles. The zero-order valence-corrected chi connectivity index (χ0v) is 15.1. The lowest BCUT2D eigenvalue weighted by Gasteiger charge is -2.10. The van der Waals surface area contributed by atoms with Crippen molar-refractivity contribution in [1.82, 2.24) is 15.3 Å². The van der Waals surface area contributed by atoms with E-state index in [2.05, 4.69) is 10.3 Å². The van der Waals surface area contributed by atoms with Crippen molar-refractivity contribution >= 4 is 17.7 Å². The molecule has 4 rings (SSSR count). The van der Waals surface area contributed by atoms with Crippen LogP contribution in [0.1, 0.15) is 12.8 Å². The highest BCUT2D eigenvalue weighted by molar-refractivity contribution is 7.99. The molecule has 26 heavy (non-hydrogen) atoms. The van der Waals surface area contributed by atoms with Gasteiger partial charge in [-0.3, -0.25) is 9.78 Å². The Morgan fingerprint density at radius 2 is 1.58 bits per heavy atom. The highest BCUT2D eigenvalue weighted by Gasteiger charge is 2.23. The summed E-state index contributed by atoms with van der Waals surface area (Å²) in [7, 11) is 0. The summed E-state index contributed by atoms with van der Waals surface area (Å²) in [5, 5.41) is 3.76. The van der Waals surface area contributed by atoms with Crippen molar-refractivity contribution < 1.29 is 4.79 Å². The molecule has 2 aromatic carbocycles. The third kappa shape index (κ3) is 4.11. The average Bonchev–Trinajstić information content (AvgIpc) is 3.51. The van der Waals surface area contributed by atoms with E-state index in [4.69, 9.17) is 4.98 Å². The first-order valence-corrected chi connectivity index (χ1v) is 9.68. The molecule has 0 spiro atoms. The number of thioether (sulfide) groups is 1. The molecule has 130 valence electrons. The van der Waals surface area contributed by atoms with E-state index >= 15 is 0 Å². The number of nitrogens with one attached hydrogen (secondary N) is 1. The number of rotatable bonds is 6. The molecule has 4 nitrogen and oxygen atoms in total. The standard InChI is InChI=1S/C21H19N3OS/c25-18(23-17-11-12-17)14-26-19-13-22-20(15-7-3-1-4-8-15)21(24-19)16-9-5-2-6-10-16/h1-10,13,17H,11-12,14H2,(H,23,25). The van der Waals surface area contributed by atoms with Gasteiger partial charge in [0, 0.05) is 17.2 Å². The van der Waals surface area contributed by atoms with Gasteiger partial charge in [-0.2, -0.15) is 0 Å². The largest absolute Gasteiger partial charge is 0.353 e. The number of carbonyl (C=O) groups excluding carboxylic acids is 1. The fraction of sp³-hybridized carbons (Fsp3) is 0.190. The van der Waals surface area contributed by atoms with Crippen LogP contribution in [0.4, 0.5) is 0 Å². The third-order valence-electron chi connectivity index (χ3n) is 4.14. The smallest absolute Gasteiger partial charge is 0.230 e. The van der Waals surface area contributed by atoms with Gasteiger partial charge in [0.1, 0.15) is 5.03 Å². The lowest BCUT2D eigenvalue weighted by atomic mass is 10.0. The summed E-state index contributed by atoms with van der Waals surface area (Å²) in [5.41, 5.74) is 3.73. The first-order valence-electron chi connectivity index (χ1n) is 8.69. The number of aromatic nitrogens is 2. The van der Waals surface area contributed by atoms with Crippen LogP contribution < -0.4 is 5.32 Å². The van der Waals surface area contributed by atoms with Crippen LogP contribution >= 0.6 is 11.8 Å². The molecule has 0 saturated heterocycles. The first kappa shape index (κ1) is 16.8. The van der Waals surface area contributed by atoms with Crippen molar-refractivity contribution in [3.05, 3.63) is 66.9 Å². The fourth-order valence-electron chi connectivity index (χ4n) is 2.68. The molecule has 1 amide bonds. The van der Waals surface area contributed by atoms with E-state index < -0.39 is 0 Å².